The molecule has 0 aliphatic heterocycles. The number of halogens is 1. The van der Waals surface area contributed by atoms with Crippen molar-refractivity contribution >= 4 is 27.5 Å². The SMILES string of the molecule is O=C(Nc1ccccc1)C1(Br)CCC1. The summed E-state index contributed by atoms with van der Waals surface area (Å²) in [6, 6.07) is 9.55. The molecular formula is C11H12BrNO. The highest BCUT2D eigenvalue weighted by Crippen LogP contribution is 2.40. The Bertz CT molecular complexity index is 332. The first-order valence-electron chi connectivity index (χ1n) is 4.76. The van der Waals surface area contributed by atoms with Crippen molar-refractivity contribution in [1.29, 1.82) is 0 Å². The Hall–Kier alpha value is -0.830. The maximum Gasteiger partial charge on any atom is 0.241 e. The molecular weight excluding hydrogens is 242 g/mol. The maximum atomic E-state index is 11.8. The van der Waals surface area contributed by atoms with Crippen LogP contribution in [0.15, 0.2) is 30.3 Å². The van der Waals surface area contributed by atoms with Gasteiger partial charge in [0.2, 0.25) is 5.91 Å². The van der Waals surface area contributed by atoms with E-state index in [-0.39, 0.29) is 10.2 Å². The molecule has 1 aromatic carbocycles. The first kappa shape index (κ1) is 9.71. The van der Waals surface area contributed by atoms with Crippen molar-refractivity contribution in [3.8, 4) is 0 Å². The Morgan fingerprint density at radius 2 is 1.93 bits per heavy atom. The zero-order valence-corrected chi connectivity index (χ0v) is 9.38. The molecule has 1 aliphatic carbocycles. The molecule has 74 valence electrons. The Kier molecular flexibility index (Phi) is 2.59. The van der Waals surface area contributed by atoms with E-state index < -0.39 is 0 Å². The highest BCUT2D eigenvalue weighted by atomic mass is 79.9. The summed E-state index contributed by atoms with van der Waals surface area (Å²) < 4.78 is -0.303. The molecule has 0 spiro atoms. The van der Waals surface area contributed by atoms with Crippen molar-refractivity contribution in [3.05, 3.63) is 30.3 Å². The summed E-state index contributed by atoms with van der Waals surface area (Å²) in [6.07, 6.45) is 3.00. The highest BCUT2D eigenvalue weighted by Gasteiger charge is 2.41. The second kappa shape index (κ2) is 3.73. The first-order chi connectivity index (χ1) is 6.71. The van der Waals surface area contributed by atoms with Crippen LogP contribution < -0.4 is 5.32 Å². The molecule has 0 aromatic heterocycles. The molecule has 14 heavy (non-hydrogen) atoms. The fourth-order valence-corrected chi connectivity index (χ4v) is 2.14. The summed E-state index contributed by atoms with van der Waals surface area (Å²) >= 11 is 3.48. The van der Waals surface area contributed by atoms with E-state index in [1.807, 2.05) is 30.3 Å². The highest BCUT2D eigenvalue weighted by molar-refractivity contribution is 9.10. The van der Waals surface area contributed by atoms with Gasteiger partial charge in [-0.2, -0.15) is 0 Å². The molecule has 0 radical (unpaired) electrons. The van der Waals surface area contributed by atoms with E-state index in [0.717, 1.165) is 24.9 Å². The topological polar surface area (TPSA) is 29.1 Å². The zero-order valence-electron chi connectivity index (χ0n) is 7.79. The number of amides is 1. The molecule has 0 atom stereocenters. The van der Waals surface area contributed by atoms with Crippen LogP contribution in [0.3, 0.4) is 0 Å². The molecule has 0 bridgehead atoms. The van der Waals surface area contributed by atoms with Gasteiger partial charge in [0.1, 0.15) is 4.32 Å². The second-order valence-electron chi connectivity index (χ2n) is 3.64. The molecule has 0 saturated heterocycles. The lowest BCUT2D eigenvalue weighted by Crippen LogP contribution is -2.43. The van der Waals surface area contributed by atoms with Gasteiger partial charge in [-0.1, -0.05) is 34.1 Å². The Balaban J connectivity index is 2.02. The summed E-state index contributed by atoms with van der Waals surface area (Å²) in [5.41, 5.74) is 0.864. The maximum absolute atomic E-state index is 11.8. The summed E-state index contributed by atoms with van der Waals surface area (Å²) in [5, 5.41) is 2.90. The first-order valence-corrected chi connectivity index (χ1v) is 5.55. The quantitative estimate of drug-likeness (QED) is 0.808. The number of hydrogen-bond donors (Lipinski definition) is 1. The average Bonchev–Trinajstić information content (AvgIpc) is 2.15. The van der Waals surface area contributed by atoms with Crippen molar-refractivity contribution in [2.45, 2.75) is 23.6 Å². The van der Waals surface area contributed by atoms with E-state index in [4.69, 9.17) is 0 Å². The lowest BCUT2D eigenvalue weighted by Gasteiger charge is -2.34. The Morgan fingerprint density at radius 3 is 2.43 bits per heavy atom. The molecule has 1 aromatic rings. The van der Waals surface area contributed by atoms with Crippen molar-refractivity contribution < 1.29 is 4.79 Å². The molecule has 3 heteroatoms. The normalized spacial score (nSPS) is 18.4. The van der Waals surface area contributed by atoms with Gasteiger partial charge in [-0.15, -0.1) is 0 Å². The minimum Gasteiger partial charge on any atom is -0.325 e. The van der Waals surface area contributed by atoms with Crippen LogP contribution >= 0.6 is 15.9 Å². The van der Waals surface area contributed by atoms with Gasteiger partial charge < -0.3 is 5.32 Å². The van der Waals surface area contributed by atoms with E-state index >= 15 is 0 Å². The van der Waals surface area contributed by atoms with Crippen LogP contribution in [0.5, 0.6) is 0 Å². The zero-order chi connectivity index (χ0) is 10.0. The monoisotopic (exact) mass is 253 g/mol. The summed E-state index contributed by atoms with van der Waals surface area (Å²) in [5.74, 6) is 0.0787. The van der Waals surface area contributed by atoms with Crippen molar-refractivity contribution in [2.24, 2.45) is 0 Å². The molecule has 1 amide bonds. The third-order valence-corrected chi connectivity index (χ3v) is 3.74. The van der Waals surface area contributed by atoms with Crippen LogP contribution in [-0.2, 0) is 4.79 Å². The number of benzene rings is 1. The second-order valence-corrected chi connectivity index (χ2v) is 5.16. The number of hydrogen-bond acceptors (Lipinski definition) is 1. The van der Waals surface area contributed by atoms with E-state index in [0.29, 0.717) is 0 Å². The molecule has 0 unspecified atom stereocenters. The lowest BCUT2D eigenvalue weighted by molar-refractivity contribution is -0.120. The largest absolute Gasteiger partial charge is 0.325 e. The van der Waals surface area contributed by atoms with Gasteiger partial charge in [0.25, 0.3) is 0 Å². The van der Waals surface area contributed by atoms with Crippen LogP contribution in [0.2, 0.25) is 0 Å². The van der Waals surface area contributed by atoms with Crippen LogP contribution in [0.4, 0.5) is 5.69 Å². The van der Waals surface area contributed by atoms with Gasteiger partial charge in [0.15, 0.2) is 0 Å². The number of alkyl halides is 1. The van der Waals surface area contributed by atoms with Gasteiger partial charge in [0.05, 0.1) is 0 Å². The fraction of sp³-hybridized carbons (Fsp3) is 0.364. The van der Waals surface area contributed by atoms with Gasteiger partial charge in [-0.05, 0) is 31.4 Å². The average molecular weight is 254 g/mol. The number of anilines is 1. The molecule has 2 nitrogen and oxygen atoms in total. The van der Waals surface area contributed by atoms with Crippen molar-refractivity contribution in [1.82, 2.24) is 0 Å². The molecule has 1 saturated carbocycles. The molecule has 1 fully saturated rings. The standard InChI is InChI=1S/C11H12BrNO/c12-11(7-4-8-11)10(14)13-9-5-2-1-3-6-9/h1-3,5-6H,4,7-8H2,(H,13,14). The van der Waals surface area contributed by atoms with Crippen LogP contribution in [0, 0.1) is 0 Å². The summed E-state index contributed by atoms with van der Waals surface area (Å²) in [7, 11) is 0. The van der Waals surface area contributed by atoms with Gasteiger partial charge in [-0.3, -0.25) is 4.79 Å². The number of rotatable bonds is 2. The molecule has 2 rings (SSSR count). The Labute approximate surface area is 91.8 Å². The molecule has 0 heterocycles. The van der Waals surface area contributed by atoms with Crippen LogP contribution in [-0.4, -0.2) is 10.2 Å². The predicted octanol–water partition coefficient (Wildman–Crippen LogP) is 2.94. The molecule has 1 N–H and O–H groups in total. The van der Waals surface area contributed by atoms with Gasteiger partial charge in [-0.25, -0.2) is 0 Å². The number of para-hydroxylation sites is 1. The summed E-state index contributed by atoms with van der Waals surface area (Å²) in [6.45, 7) is 0. The van der Waals surface area contributed by atoms with Gasteiger partial charge >= 0.3 is 0 Å². The minimum absolute atomic E-state index is 0.0787. The van der Waals surface area contributed by atoms with E-state index in [2.05, 4.69) is 21.2 Å². The number of nitrogens with one attached hydrogen (secondary N) is 1. The van der Waals surface area contributed by atoms with Crippen molar-refractivity contribution in [3.63, 3.8) is 0 Å². The third-order valence-electron chi connectivity index (χ3n) is 2.58. The van der Waals surface area contributed by atoms with Crippen LogP contribution in [0.1, 0.15) is 19.3 Å². The predicted molar refractivity (Wildman–Crippen MR) is 60.6 cm³/mol. The fourth-order valence-electron chi connectivity index (χ4n) is 1.48. The lowest BCUT2D eigenvalue weighted by atomic mass is 9.84. The minimum atomic E-state index is -0.303. The van der Waals surface area contributed by atoms with Crippen LogP contribution in [0.25, 0.3) is 0 Å². The van der Waals surface area contributed by atoms with Crippen molar-refractivity contribution in [2.75, 3.05) is 5.32 Å². The third kappa shape index (κ3) is 1.82. The smallest absolute Gasteiger partial charge is 0.241 e. The number of carbonyl (C=O) groups excluding carboxylic acids is 1. The van der Waals surface area contributed by atoms with E-state index in [9.17, 15) is 4.79 Å². The Morgan fingerprint density at radius 1 is 1.29 bits per heavy atom. The van der Waals surface area contributed by atoms with Gasteiger partial charge in [0, 0.05) is 5.69 Å². The number of carbonyl (C=O) groups is 1. The van der Waals surface area contributed by atoms with E-state index in [1.54, 1.807) is 0 Å². The molecule has 1 aliphatic rings. The van der Waals surface area contributed by atoms with E-state index in [1.165, 1.54) is 0 Å². The summed E-state index contributed by atoms with van der Waals surface area (Å²) in [4.78, 5) is 11.8.